The van der Waals surface area contributed by atoms with Crippen molar-refractivity contribution in [2.45, 2.75) is 30.7 Å². The number of hydrogen-bond donors (Lipinski definition) is 5. The van der Waals surface area contributed by atoms with E-state index in [0.29, 0.717) is 22.1 Å². The largest absolute Gasteiger partial charge is 0.481 e. The summed E-state index contributed by atoms with van der Waals surface area (Å²) in [6.45, 7) is 1.65. The van der Waals surface area contributed by atoms with Crippen LogP contribution < -0.4 is 15.6 Å². The first-order valence-electron chi connectivity index (χ1n) is 11.3. The number of H-pyrrole nitrogens is 1. The van der Waals surface area contributed by atoms with Gasteiger partial charge in [0.1, 0.15) is 11.9 Å². The van der Waals surface area contributed by atoms with Gasteiger partial charge in [-0.05, 0) is 66.6 Å². The minimum absolute atomic E-state index is 0.0497. The number of aromatic amines is 1. The molecule has 0 saturated heterocycles. The lowest BCUT2D eigenvalue weighted by atomic mass is 10.1. The van der Waals surface area contributed by atoms with E-state index in [0.717, 1.165) is 0 Å². The molecule has 5 N–H and O–H groups in total. The van der Waals surface area contributed by atoms with Crippen LogP contribution >= 0.6 is 0 Å². The van der Waals surface area contributed by atoms with Gasteiger partial charge in [-0.2, -0.15) is 0 Å². The fraction of sp³-hybridized carbons (Fsp3) is 0.160. The minimum Gasteiger partial charge on any atom is -0.481 e. The van der Waals surface area contributed by atoms with Gasteiger partial charge in [0.25, 0.3) is 21.5 Å². The number of sulfonamides is 1. The van der Waals surface area contributed by atoms with E-state index >= 15 is 0 Å². The molecule has 0 aliphatic heterocycles. The standard InChI is InChI=1S/C25H22N4O8S/c1-13-26-19-9-5-14-4-8-17(12-18(14)22(19)24(33)27-13)38(36,37)29-16-6-2-15(3-7-16)23(32)28-20(25(34)35)10-11-21(30)31/h2-9,12,20,29H,10-11H2,1H3,(H,28,32)(H,30,31)(H,34,35)(H,26,27,33). The van der Waals surface area contributed by atoms with Crippen LogP contribution in [-0.2, 0) is 19.6 Å². The van der Waals surface area contributed by atoms with Crippen LogP contribution in [0.3, 0.4) is 0 Å². The first-order chi connectivity index (χ1) is 17.9. The topological polar surface area (TPSA) is 196 Å². The van der Waals surface area contributed by atoms with Gasteiger partial charge >= 0.3 is 11.9 Å². The number of carbonyl (C=O) groups excluding carboxylic acids is 1. The Morgan fingerprint density at radius 2 is 1.71 bits per heavy atom. The highest BCUT2D eigenvalue weighted by molar-refractivity contribution is 7.92. The van der Waals surface area contributed by atoms with Gasteiger partial charge in [0.05, 0.1) is 15.8 Å². The molecule has 1 unspecified atom stereocenters. The molecule has 13 heteroatoms. The van der Waals surface area contributed by atoms with Crippen LogP contribution in [0.1, 0.15) is 29.0 Å². The number of carbonyl (C=O) groups is 3. The Morgan fingerprint density at radius 1 is 1.03 bits per heavy atom. The SMILES string of the molecule is Cc1nc2ccc3ccc(S(=O)(=O)Nc4ccc(C(=O)NC(CCC(=O)O)C(=O)O)cc4)cc3c2c(=O)[nH]1. The number of aromatic nitrogens is 2. The first kappa shape index (κ1) is 26.3. The number of nitrogens with zero attached hydrogens (tertiary/aromatic N) is 1. The normalized spacial score (nSPS) is 12.2. The number of carboxylic acids is 2. The molecule has 1 atom stereocenters. The molecule has 1 aromatic heterocycles. The van der Waals surface area contributed by atoms with E-state index in [2.05, 4.69) is 20.0 Å². The van der Waals surface area contributed by atoms with Crippen LogP contribution in [0.25, 0.3) is 21.7 Å². The van der Waals surface area contributed by atoms with Gasteiger partial charge < -0.3 is 20.5 Å². The van der Waals surface area contributed by atoms with Crippen LogP contribution in [0.2, 0.25) is 0 Å². The van der Waals surface area contributed by atoms with Gasteiger partial charge in [-0.1, -0.05) is 12.1 Å². The zero-order valence-electron chi connectivity index (χ0n) is 19.9. The second kappa shape index (κ2) is 10.3. The van der Waals surface area contributed by atoms with Crippen molar-refractivity contribution in [1.82, 2.24) is 15.3 Å². The molecular formula is C25H22N4O8S. The summed E-state index contributed by atoms with van der Waals surface area (Å²) in [6.07, 6.45) is -0.732. The van der Waals surface area contributed by atoms with Crippen molar-refractivity contribution in [3.05, 3.63) is 76.3 Å². The molecule has 4 rings (SSSR count). The maximum absolute atomic E-state index is 13.1. The van der Waals surface area contributed by atoms with Crippen molar-refractivity contribution in [2.75, 3.05) is 4.72 Å². The third kappa shape index (κ3) is 5.62. The quantitative estimate of drug-likeness (QED) is 0.198. The number of aliphatic carboxylic acids is 2. The summed E-state index contributed by atoms with van der Waals surface area (Å²) >= 11 is 0. The van der Waals surface area contributed by atoms with Crippen molar-refractivity contribution >= 4 is 55.2 Å². The van der Waals surface area contributed by atoms with E-state index in [1.165, 1.54) is 36.4 Å². The Labute approximate surface area is 215 Å². The number of rotatable bonds is 9. The van der Waals surface area contributed by atoms with Gasteiger partial charge in [-0.25, -0.2) is 18.2 Å². The highest BCUT2D eigenvalue weighted by atomic mass is 32.2. The van der Waals surface area contributed by atoms with Crippen molar-refractivity contribution in [3.63, 3.8) is 0 Å². The maximum Gasteiger partial charge on any atom is 0.326 e. The van der Waals surface area contributed by atoms with E-state index < -0.39 is 40.3 Å². The molecule has 0 aliphatic carbocycles. The molecule has 3 aromatic carbocycles. The molecule has 0 radical (unpaired) electrons. The summed E-state index contributed by atoms with van der Waals surface area (Å²) in [4.78, 5) is 53.8. The van der Waals surface area contributed by atoms with Gasteiger partial charge in [0.2, 0.25) is 0 Å². The molecule has 4 aromatic rings. The van der Waals surface area contributed by atoms with Crippen molar-refractivity contribution < 1.29 is 33.0 Å². The summed E-state index contributed by atoms with van der Waals surface area (Å²) in [5.74, 6) is -2.89. The van der Waals surface area contributed by atoms with Crippen molar-refractivity contribution in [3.8, 4) is 0 Å². The van der Waals surface area contributed by atoms with E-state index in [9.17, 15) is 32.7 Å². The number of nitrogens with one attached hydrogen (secondary N) is 3. The maximum atomic E-state index is 13.1. The third-order valence-electron chi connectivity index (χ3n) is 5.74. The average molecular weight is 539 g/mol. The van der Waals surface area contributed by atoms with Gasteiger partial charge in [-0.3, -0.25) is 19.1 Å². The van der Waals surface area contributed by atoms with E-state index in [4.69, 9.17) is 5.11 Å². The fourth-order valence-corrected chi connectivity index (χ4v) is 4.98. The monoisotopic (exact) mass is 538 g/mol. The van der Waals surface area contributed by atoms with E-state index in [-0.39, 0.29) is 33.5 Å². The minimum atomic E-state index is -4.09. The molecule has 0 fully saturated rings. The van der Waals surface area contributed by atoms with E-state index in [1.807, 2.05) is 0 Å². The molecule has 0 spiro atoms. The summed E-state index contributed by atoms with van der Waals surface area (Å²) in [5.41, 5.74) is 0.231. The number of hydrogen-bond acceptors (Lipinski definition) is 7. The van der Waals surface area contributed by atoms with Crippen LogP contribution in [-0.4, -0.2) is 52.5 Å². The molecule has 0 bridgehead atoms. The highest BCUT2D eigenvalue weighted by Crippen LogP contribution is 2.26. The number of benzene rings is 3. The summed E-state index contributed by atoms with van der Waals surface area (Å²) in [6, 6.07) is 11.7. The average Bonchev–Trinajstić information content (AvgIpc) is 2.85. The Morgan fingerprint density at radius 3 is 2.37 bits per heavy atom. The molecular weight excluding hydrogens is 516 g/mol. The predicted octanol–water partition coefficient (Wildman–Crippen LogP) is 2.23. The summed E-state index contributed by atoms with van der Waals surface area (Å²) < 4.78 is 28.6. The Balaban J connectivity index is 1.56. The molecule has 12 nitrogen and oxygen atoms in total. The number of fused-ring (bicyclic) bond motifs is 3. The number of aryl methyl sites for hydroxylation is 1. The lowest BCUT2D eigenvalue weighted by Gasteiger charge is -2.14. The van der Waals surface area contributed by atoms with Crippen LogP contribution in [0, 0.1) is 6.92 Å². The predicted molar refractivity (Wildman–Crippen MR) is 138 cm³/mol. The number of amides is 1. The van der Waals surface area contributed by atoms with Crippen LogP contribution in [0.4, 0.5) is 5.69 Å². The molecule has 1 amide bonds. The van der Waals surface area contributed by atoms with E-state index in [1.54, 1.807) is 25.1 Å². The molecule has 196 valence electrons. The molecule has 0 saturated carbocycles. The van der Waals surface area contributed by atoms with Crippen LogP contribution in [0.5, 0.6) is 0 Å². The van der Waals surface area contributed by atoms with Crippen LogP contribution in [0.15, 0.2) is 64.3 Å². The Bertz CT molecular complexity index is 1750. The Hall–Kier alpha value is -4.78. The second-order valence-corrected chi connectivity index (χ2v) is 10.2. The lowest BCUT2D eigenvalue weighted by molar-refractivity contribution is -0.140. The number of carboxylic acid groups (broad SMARTS) is 2. The van der Waals surface area contributed by atoms with Gasteiger partial charge in [0, 0.05) is 17.7 Å². The molecule has 0 aliphatic rings. The Kier molecular flexibility index (Phi) is 7.12. The third-order valence-corrected chi connectivity index (χ3v) is 7.12. The molecule has 1 heterocycles. The highest BCUT2D eigenvalue weighted by Gasteiger charge is 2.22. The fourth-order valence-electron chi connectivity index (χ4n) is 3.89. The zero-order chi connectivity index (χ0) is 27.6. The lowest BCUT2D eigenvalue weighted by Crippen LogP contribution is -2.41. The summed E-state index contributed by atoms with van der Waals surface area (Å²) in [7, 11) is -4.09. The second-order valence-electron chi connectivity index (χ2n) is 8.47. The number of anilines is 1. The van der Waals surface area contributed by atoms with Crippen molar-refractivity contribution in [2.24, 2.45) is 0 Å². The molecule has 38 heavy (non-hydrogen) atoms. The smallest absolute Gasteiger partial charge is 0.326 e. The summed E-state index contributed by atoms with van der Waals surface area (Å²) in [5, 5.41) is 21.5. The van der Waals surface area contributed by atoms with Gasteiger partial charge in [-0.15, -0.1) is 0 Å². The first-order valence-corrected chi connectivity index (χ1v) is 12.7. The van der Waals surface area contributed by atoms with Crippen molar-refractivity contribution in [1.29, 1.82) is 0 Å². The zero-order valence-corrected chi connectivity index (χ0v) is 20.7. The van der Waals surface area contributed by atoms with Gasteiger partial charge in [0.15, 0.2) is 0 Å².